The number of carbonyl (C=O) groups excluding carboxylic acids is 2. The number of hydrogen-bond donors (Lipinski definition) is 1. The molecule has 0 spiro atoms. The number of nitrogens with one attached hydrogen (secondary N) is 1. The van der Waals surface area contributed by atoms with Crippen LogP contribution in [0.1, 0.15) is 37.8 Å². The van der Waals surface area contributed by atoms with E-state index in [0.29, 0.717) is 40.8 Å². The number of hydrogen-bond acceptors (Lipinski definition) is 4. The zero-order valence-electron chi connectivity index (χ0n) is 22.0. The van der Waals surface area contributed by atoms with Crippen molar-refractivity contribution in [3.05, 3.63) is 94.0 Å². The van der Waals surface area contributed by atoms with Gasteiger partial charge in [0, 0.05) is 35.5 Å². The van der Waals surface area contributed by atoms with Crippen molar-refractivity contribution in [3.8, 4) is 11.5 Å². The van der Waals surface area contributed by atoms with Gasteiger partial charge in [0.15, 0.2) is 0 Å². The number of nitrogens with zero attached hydrogens (tertiary/aromatic N) is 1. The molecule has 0 aromatic heterocycles. The summed E-state index contributed by atoms with van der Waals surface area (Å²) < 4.78 is 11.0. The molecule has 0 aliphatic rings. The predicted octanol–water partition coefficient (Wildman–Crippen LogP) is 6.33. The Bertz CT molecular complexity index is 1190. The number of amides is 2. The number of halogens is 2. The van der Waals surface area contributed by atoms with E-state index in [1.807, 2.05) is 68.4 Å². The summed E-state index contributed by atoms with van der Waals surface area (Å²) in [5, 5.41) is 3.93. The van der Waals surface area contributed by atoms with Crippen molar-refractivity contribution in [2.24, 2.45) is 0 Å². The second-order valence-corrected chi connectivity index (χ2v) is 10.1. The van der Waals surface area contributed by atoms with Crippen molar-refractivity contribution < 1.29 is 19.1 Å². The molecule has 202 valence electrons. The molecular weight excluding hydrogens is 523 g/mol. The molecular formula is C30H34Cl2N2O4. The summed E-state index contributed by atoms with van der Waals surface area (Å²) in [5.74, 6) is 1.07. The van der Waals surface area contributed by atoms with Gasteiger partial charge in [0.1, 0.15) is 17.5 Å². The molecule has 38 heavy (non-hydrogen) atoms. The Morgan fingerprint density at radius 3 is 2.26 bits per heavy atom. The van der Waals surface area contributed by atoms with Gasteiger partial charge < -0.3 is 19.7 Å². The molecule has 0 aliphatic carbocycles. The topological polar surface area (TPSA) is 67.9 Å². The molecule has 2 amide bonds. The van der Waals surface area contributed by atoms with Gasteiger partial charge in [-0.05, 0) is 67.8 Å². The van der Waals surface area contributed by atoms with Gasteiger partial charge in [0.05, 0.1) is 13.7 Å². The minimum atomic E-state index is -0.721. The van der Waals surface area contributed by atoms with Crippen molar-refractivity contribution in [1.29, 1.82) is 0 Å². The standard InChI is InChI=1S/C30H34Cl2N2O4/c1-21(2)33-30(36)28(18-22-8-5-4-6-9-22)34(20-23-11-12-24(31)19-27(23)32)29(35)10-7-17-38-26-15-13-25(37-3)14-16-26/h4-6,8-9,11-16,19,21,28H,7,10,17-18,20H2,1-3H3,(H,33,36)/t28-/m0/s1. The lowest BCUT2D eigenvalue weighted by molar-refractivity contribution is -0.141. The summed E-state index contributed by atoms with van der Waals surface area (Å²) in [6, 6.07) is 21.3. The van der Waals surface area contributed by atoms with Crippen LogP contribution in [0.3, 0.4) is 0 Å². The van der Waals surface area contributed by atoms with Gasteiger partial charge in [-0.15, -0.1) is 0 Å². The number of benzene rings is 3. The van der Waals surface area contributed by atoms with E-state index in [2.05, 4.69) is 5.32 Å². The first-order chi connectivity index (χ1) is 18.3. The smallest absolute Gasteiger partial charge is 0.243 e. The zero-order valence-corrected chi connectivity index (χ0v) is 23.5. The quantitative estimate of drug-likeness (QED) is 0.250. The van der Waals surface area contributed by atoms with Crippen molar-refractivity contribution >= 4 is 35.0 Å². The number of rotatable bonds is 13. The number of ether oxygens (including phenoxy) is 2. The minimum absolute atomic E-state index is 0.0743. The van der Waals surface area contributed by atoms with E-state index in [1.165, 1.54) is 0 Å². The highest BCUT2D eigenvalue weighted by Gasteiger charge is 2.31. The van der Waals surface area contributed by atoms with E-state index < -0.39 is 6.04 Å². The first-order valence-corrected chi connectivity index (χ1v) is 13.4. The summed E-state index contributed by atoms with van der Waals surface area (Å²) in [4.78, 5) is 28.7. The third kappa shape index (κ3) is 8.96. The first-order valence-electron chi connectivity index (χ1n) is 12.6. The SMILES string of the molecule is COc1ccc(OCCCC(=O)N(Cc2ccc(Cl)cc2Cl)[C@@H](Cc2ccccc2)C(=O)NC(C)C)cc1. The van der Waals surface area contributed by atoms with Crippen LogP contribution in [0.15, 0.2) is 72.8 Å². The lowest BCUT2D eigenvalue weighted by Gasteiger charge is -2.32. The number of methoxy groups -OCH3 is 1. The molecule has 1 atom stereocenters. The van der Waals surface area contributed by atoms with Gasteiger partial charge in [-0.25, -0.2) is 0 Å². The fraction of sp³-hybridized carbons (Fsp3) is 0.333. The Hall–Kier alpha value is -3.22. The summed E-state index contributed by atoms with van der Waals surface area (Å²) in [6.07, 6.45) is 1.07. The van der Waals surface area contributed by atoms with E-state index >= 15 is 0 Å². The molecule has 8 heteroatoms. The number of carbonyl (C=O) groups is 2. The molecule has 0 saturated heterocycles. The van der Waals surface area contributed by atoms with Gasteiger partial charge in [-0.2, -0.15) is 0 Å². The minimum Gasteiger partial charge on any atom is -0.497 e. The summed E-state index contributed by atoms with van der Waals surface area (Å²) in [7, 11) is 1.61. The van der Waals surface area contributed by atoms with Crippen LogP contribution in [0.4, 0.5) is 0 Å². The molecule has 0 radical (unpaired) electrons. The van der Waals surface area contributed by atoms with Crippen molar-refractivity contribution in [3.63, 3.8) is 0 Å². The molecule has 0 fully saturated rings. The maximum absolute atomic E-state index is 13.6. The van der Waals surface area contributed by atoms with Crippen LogP contribution < -0.4 is 14.8 Å². The summed E-state index contributed by atoms with van der Waals surface area (Å²) in [5.41, 5.74) is 1.67. The van der Waals surface area contributed by atoms with E-state index in [1.54, 1.807) is 30.2 Å². The normalized spacial score (nSPS) is 11.6. The van der Waals surface area contributed by atoms with Crippen LogP contribution >= 0.6 is 23.2 Å². The fourth-order valence-electron chi connectivity index (χ4n) is 4.00. The van der Waals surface area contributed by atoms with E-state index in [9.17, 15) is 9.59 Å². The van der Waals surface area contributed by atoms with E-state index in [-0.39, 0.29) is 30.8 Å². The van der Waals surface area contributed by atoms with Crippen molar-refractivity contribution in [2.75, 3.05) is 13.7 Å². The predicted molar refractivity (Wildman–Crippen MR) is 152 cm³/mol. The molecule has 0 unspecified atom stereocenters. The van der Waals surface area contributed by atoms with Crippen LogP contribution in [0.5, 0.6) is 11.5 Å². The Morgan fingerprint density at radius 2 is 1.63 bits per heavy atom. The van der Waals surface area contributed by atoms with E-state index in [0.717, 1.165) is 11.3 Å². The average Bonchev–Trinajstić information content (AvgIpc) is 2.90. The highest BCUT2D eigenvalue weighted by atomic mass is 35.5. The molecule has 3 rings (SSSR count). The average molecular weight is 558 g/mol. The van der Waals surface area contributed by atoms with Gasteiger partial charge in [0.25, 0.3) is 0 Å². The Kier molecular flexibility index (Phi) is 11.3. The largest absolute Gasteiger partial charge is 0.497 e. The molecule has 0 saturated carbocycles. The molecule has 1 N–H and O–H groups in total. The van der Waals surface area contributed by atoms with Gasteiger partial charge in [-0.3, -0.25) is 9.59 Å². The third-order valence-electron chi connectivity index (χ3n) is 5.92. The van der Waals surface area contributed by atoms with Crippen molar-refractivity contribution in [1.82, 2.24) is 10.2 Å². The zero-order chi connectivity index (χ0) is 27.5. The lowest BCUT2D eigenvalue weighted by atomic mass is 10.0. The van der Waals surface area contributed by atoms with Crippen LogP contribution in [0.2, 0.25) is 10.0 Å². The van der Waals surface area contributed by atoms with Gasteiger partial charge in [0.2, 0.25) is 11.8 Å². The van der Waals surface area contributed by atoms with Crippen molar-refractivity contribution in [2.45, 2.75) is 51.7 Å². The molecule has 6 nitrogen and oxygen atoms in total. The van der Waals surface area contributed by atoms with Crippen LogP contribution in [-0.2, 0) is 22.6 Å². The van der Waals surface area contributed by atoms with Crippen LogP contribution in [0.25, 0.3) is 0 Å². The third-order valence-corrected chi connectivity index (χ3v) is 6.51. The van der Waals surface area contributed by atoms with Crippen LogP contribution in [0, 0.1) is 0 Å². The molecule has 0 aliphatic heterocycles. The highest BCUT2D eigenvalue weighted by molar-refractivity contribution is 6.35. The molecule has 0 heterocycles. The fourth-order valence-corrected chi connectivity index (χ4v) is 4.47. The Balaban J connectivity index is 1.79. The maximum atomic E-state index is 13.6. The van der Waals surface area contributed by atoms with Crippen LogP contribution in [-0.4, -0.2) is 42.5 Å². The van der Waals surface area contributed by atoms with Gasteiger partial charge in [-0.1, -0.05) is 59.6 Å². The highest BCUT2D eigenvalue weighted by Crippen LogP contribution is 2.25. The maximum Gasteiger partial charge on any atom is 0.243 e. The Morgan fingerprint density at radius 1 is 0.947 bits per heavy atom. The second-order valence-electron chi connectivity index (χ2n) is 9.25. The molecule has 3 aromatic rings. The summed E-state index contributed by atoms with van der Waals surface area (Å²) in [6.45, 7) is 4.33. The Labute approximate surface area is 234 Å². The first kappa shape index (κ1) is 29.3. The lowest BCUT2D eigenvalue weighted by Crippen LogP contribution is -2.51. The molecule has 3 aromatic carbocycles. The monoisotopic (exact) mass is 556 g/mol. The summed E-state index contributed by atoms with van der Waals surface area (Å²) >= 11 is 12.6. The second kappa shape index (κ2) is 14.6. The van der Waals surface area contributed by atoms with E-state index in [4.69, 9.17) is 32.7 Å². The van der Waals surface area contributed by atoms with Gasteiger partial charge >= 0.3 is 0 Å². The molecule has 0 bridgehead atoms.